The Morgan fingerprint density at radius 3 is 2.27 bits per heavy atom. The number of carbonyl (C=O) groups is 1. The van der Waals surface area contributed by atoms with Crippen LogP contribution in [-0.2, 0) is 4.79 Å². The first kappa shape index (κ1) is 8.50. The van der Waals surface area contributed by atoms with Gasteiger partial charge >= 0.3 is 0 Å². The van der Waals surface area contributed by atoms with Crippen molar-refractivity contribution in [2.45, 2.75) is 26.4 Å². The van der Waals surface area contributed by atoms with Gasteiger partial charge in [0.2, 0.25) is 5.91 Å². The van der Waals surface area contributed by atoms with Crippen molar-refractivity contribution in [3.8, 4) is 0 Å². The van der Waals surface area contributed by atoms with Gasteiger partial charge in [-0.15, -0.1) is 0 Å². The number of alkyl halides is 1. The van der Waals surface area contributed by atoms with E-state index in [-0.39, 0.29) is 24.9 Å². The Kier molecular flexibility index (Phi) is 1.90. The van der Waals surface area contributed by atoms with Crippen LogP contribution in [0.5, 0.6) is 0 Å². The van der Waals surface area contributed by atoms with E-state index in [0.29, 0.717) is 0 Å². The Morgan fingerprint density at radius 2 is 2.00 bits per heavy atom. The maximum atomic E-state index is 13.4. The molecule has 0 unspecified atom stereocenters. The average Bonchev–Trinajstić information content (AvgIpc) is 1.79. The van der Waals surface area contributed by atoms with E-state index in [0.717, 1.165) is 0 Å². The molecular formula is C8H14FNO. The third-order valence-electron chi connectivity index (χ3n) is 2.39. The molecule has 2 nitrogen and oxygen atoms in total. The fourth-order valence-corrected chi connectivity index (χ4v) is 1.18. The van der Waals surface area contributed by atoms with Gasteiger partial charge in [0.25, 0.3) is 0 Å². The van der Waals surface area contributed by atoms with Crippen molar-refractivity contribution >= 4 is 5.91 Å². The molecule has 0 bridgehead atoms. The van der Waals surface area contributed by atoms with Gasteiger partial charge < -0.3 is 4.90 Å². The molecule has 0 spiro atoms. The monoisotopic (exact) mass is 159 g/mol. The van der Waals surface area contributed by atoms with Crippen LogP contribution in [0.2, 0.25) is 0 Å². The van der Waals surface area contributed by atoms with E-state index in [9.17, 15) is 9.18 Å². The Labute approximate surface area is 66.4 Å². The summed E-state index contributed by atoms with van der Waals surface area (Å²) in [7, 11) is 0. The minimum absolute atomic E-state index is 0.0121. The second kappa shape index (κ2) is 2.47. The SMILES string of the molecule is CC(=O)N1CC(F)(C(C)C)C1. The molecule has 11 heavy (non-hydrogen) atoms. The number of nitrogens with zero attached hydrogens (tertiary/aromatic N) is 1. The zero-order chi connectivity index (χ0) is 8.65. The molecule has 0 atom stereocenters. The quantitative estimate of drug-likeness (QED) is 0.563. The van der Waals surface area contributed by atoms with E-state index in [1.54, 1.807) is 0 Å². The van der Waals surface area contributed by atoms with Gasteiger partial charge in [0.05, 0.1) is 13.1 Å². The summed E-state index contributed by atoms with van der Waals surface area (Å²) in [6, 6.07) is 0. The van der Waals surface area contributed by atoms with Crippen molar-refractivity contribution < 1.29 is 9.18 Å². The predicted molar refractivity (Wildman–Crippen MR) is 40.9 cm³/mol. The molecule has 64 valence electrons. The predicted octanol–water partition coefficient (Wildman–Crippen LogP) is 1.21. The number of rotatable bonds is 1. The van der Waals surface area contributed by atoms with Crippen LogP contribution >= 0.6 is 0 Å². The molecule has 1 fully saturated rings. The highest BCUT2D eigenvalue weighted by atomic mass is 19.1. The summed E-state index contributed by atoms with van der Waals surface area (Å²) in [6.45, 7) is 5.72. The smallest absolute Gasteiger partial charge is 0.219 e. The first-order valence-electron chi connectivity index (χ1n) is 3.90. The highest BCUT2D eigenvalue weighted by Gasteiger charge is 2.46. The molecule has 1 aliphatic heterocycles. The molecule has 1 aliphatic rings. The van der Waals surface area contributed by atoms with Gasteiger partial charge in [-0.2, -0.15) is 0 Å². The number of amides is 1. The number of likely N-dealkylation sites (tertiary alicyclic amines) is 1. The van der Waals surface area contributed by atoms with Crippen molar-refractivity contribution in [2.24, 2.45) is 5.92 Å². The summed E-state index contributed by atoms with van der Waals surface area (Å²) in [6.07, 6.45) is 0. The van der Waals surface area contributed by atoms with Crippen LogP contribution in [-0.4, -0.2) is 29.6 Å². The summed E-state index contributed by atoms with van der Waals surface area (Å²) in [5, 5.41) is 0. The van der Waals surface area contributed by atoms with Crippen LogP contribution in [0.3, 0.4) is 0 Å². The third-order valence-corrected chi connectivity index (χ3v) is 2.39. The summed E-state index contributed by atoms with van der Waals surface area (Å²) in [4.78, 5) is 12.2. The minimum atomic E-state index is -1.12. The molecule has 0 radical (unpaired) electrons. The van der Waals surface area contributed by atoms with Crippen LogP contribution in [0.1, 0.15) is 20.8 Å². The second-order valence-corrected chi connectivity index (χ2v) is 3.56. The maximum Gasteiger partial charge on any atom is 0.219 e. The summed E-state index contributed by atoms with van der Waals surface area (Å²) in [5.74, 6) is -0.0166. The first-order chi connectivity index (χ1) is 4.96. The van der Waals surface area contributed by atoms with Gasteiger partial charge in [-0.25, -0.2) is 4.39 Å². The van der Waals surface area contributed by atoms with Gasteiger partial charge in [-0.1, -0.05) is 13.8 Å². The van der Waals surface area contributed by atoms with Crippen molar-refractivity contribution in [1.29, 1.82) is 0 Å². The number of halogens is 1. The van der Waals surface area contributed by atoms with Gasteiger partial charge in [-0.05, 0) is 5.92 Å². The summed E-state index contributed by atoms with van der Waals surface area (Å²) < 4.78 is 13.4. The van der Waals surface area contributed by atoms with Gasteiger partial charge in [0.1, 0.15) is 5.67 Å². The number of hydrogen-bond acceptors (Lipinski definition) is 1. The van der Waals surface area contributed by atoms with E-state index >= 15 is 0 Å². The molecule has 1 amide bonds. The number of carbonyl (C=O) groups excluding carboxylic acids is 1. The second-order valence-electron chi connectivity index (χ2n) is 3.56. The largest absolute Gasteiger partial charge is 0.336 e. The summed E-state index contributed by atoms with van der Waals surface area (Å²) >= 11 is 0. The lowest BCUT2D eigenvalue weighted by atomic mass is 9.85. The van der Waals surface area contributed by atoms with E-state index in [4.69, 9.17) is 0 Å². The van der Waals surface area contributed by atoms with Crippen molar-refractivity contribution in [3.63, 3.8) is 0 Å². The molecule has 0 N–H and O–H groups in total. The molecule has 0 aromatic carbocycles. The van der Waals surface area contributed by atoms with Gasteiger partial charge in [0.15, 0.2) is 0 Å². The average molecular weight is 159 g/mol. The fraction of sp³-hybridized carbons (Fsp3) is 0.875. The van der Waals surface area contributed by atoms with Crippen molar-refractivity contribution in [3.05, 3.63) is 0 Å². The van der Waals surface area contributed by atoms with Crippen LogP contribution in [0, 0.1) is 5.92 Å². The molecule has 0 aromatic heterocycles. The first-order valence-corrected chi connectivity index (χ1v) is 3.90. The van der Waals surface area contributed by atoms with Crippen LogP contribution in [0.4, 0.5) is 4.39 Å². The zero-order valence-corrected chi connectivity index (χ0v) is 7.22. The molecule has 1 rings (SSSR count). The highest BCUT2D eigenvalue weighted by molar-refractivity contribution is 5.74. The molecule has 0 aliphatic carbocycles. The molecule has 1 heterocycles. The normalized spacial score (nSPS) is 21.7. The van der Waals surface area contributed by atoms with Crippen LogP contribution in [0.15, 0.2) is 0 Å². The lowest BCUT2D eigenvalue weighted by Gasteiger charge is -2.46. The van der Waals surface area contributed by atoms with E-state index in [1.165, 1.54) is 11.8 Å². The molecule has 0 saturated carbocycles. The molecule has 0 aromatic rings. The Bertz CT molecular complexity index is 173. The van der Waals surface area contributed by atoms with Gasteiger partial charge in [-0.3, -0.25) is 4.79 Å². The van der Waals surface area contributed by atoms with Crippen molar-refractivity contribution in [1.82, 2.24) is 4.90 Å². The Balaban J connectivity index is 2.44. The van der Waals surface area contributed by atoms with Gasteiger partial charge in [0, 0.05) is 6.92 Å². The van der Waals surface area contributed by atoms with E-state index in [2.05, 4.69) is 0 Å². The van der Waals surface area contributed by atoms with Crippen molar-refractivity contribution in [2.75, 3.05) is 13.1 Å². The van der Waals surface area contributed by atoms with E-state index in [1.807, 2.05) is 13.8 Å². The highest BCUT2D eigenvalue weighted by Crippen LogP contribution is 2.32. The lowest BCUT2D eigenvalue weighted by molar-refractivity contribution is -0.146. The maximum absolute atomic E-state index is 13.4. The standard InChI is InChI=1S/C8H14FNO/c1-6(2)8(9)4-10(5-8)7(3)11/h6H,4-5H2,1-3H3. The zero-order valence-electron chi connectivity index (χ0n) is 7.22. The number of hydrogen-bond donors (Lipinski definition) is 0. The molecule has 3 heteroatoms. The van der Waals surface area contributed by atoms with Crippen LogP contribution in [0.25, 0.3) is 0 Å². The summed E-state index contributed by atoms with van der Waals surface area (Å²) in [5.41, 5.74) is -1.12. The van der Waals surface area contributed by atoms with Crippen LogP contribution < -0.4 is 0 Å². The minimum Gasteiger partial charge on any atom is -0.336 e. The topological polar surface area (TPSA) is 20.3 Å². The molecular weight excluding hydrogens is 145 g/mol. The Morgan fingerprint density at radius 1 is 1.55 bits per heavy atom. The lowest BCUT2D eigenvalue weighted by Crippen LogP contribution is -2.62. The fourth-order valence-electron chi connectivity index (χ4n) is 1.18. The Hall–Kier alpha value is -0.600. The third kappa shape index (κ3) is 1.37. The molecule has 1 saturated heterocycles. The van der Waals surface area contributed by atoms with E-state index < -0.39 is 5.67 Å².